The molecule has 1 unspecified atom stereocenters. The van der Waals surface area contributed by atoms with Crippen molar-refractivity contribution in [2.75, 3.05) is 18.0 Å². The molecule has 1 aromatic carbocycles. The fraction of sp³-hybridized carbons (Fsp3) is 0.375. The van der Waals surface area contributed by atoms with Crippen LogP contribution in [0.15, 0.2) is 24.3 Å². The second kappa shape index (κ2) is 6.25. The van der Waals surface area contributed by atoms with E-state index in [0.29, 0.717) is 19.5 Å². The van der Waals surface area contributed by atoms with Gasteiger partial charge in [0, 0.05) is 31.6 Å². The van der Waals surface area contributed by atoms with E-state index in [1.165, 1.54) is 0 Å². The molecule has 2 rings (SSSR count). The van der Waals surface area contributed by atoms with E-state index in [9.17, 15) is 9.59 Å². The number of hydrogen-bond donors (Lipinski definition) is 1. The maximum absolute atomic E-state index is 12.0. The Morgan fingerprint density at radius 1 is 1.45 bits per heavy atom. The molecule has 20 heavy (non-hydrogen) atoms. The van der Waals surface area contributed by atoms with Crippen molar-refractivity contribution in [3.8, 4) is 12.3 Å². The smallest absolute Gasteiger partial charge is 0.227 e. The molecule has 0 aromatic heterocycles. The number of hydrogen-bond acceptors (Lipinski definition) is 2. The average Bonchev–Trinajstić information content (AvgIpc) is 2.82. The minimum Gasteiger partial charge on any atom is -0.355 e. The zero-order chi connectivity index (χ0) is 14.5. The van der Waals surface area contributed by atoms with Gasteiger partial charge in [0.2, 0.25) is 11.8 Å². The van der Waals surface area contributed by atoms with E-state index in [4.69, 9.17) is 6.42 Å². The highest BCUT2D eigenvalue weighted by atomic mass is 16.2. The molecule has 0 bridgehead atoms. The van der Waals surface area contributed by atoms with Crippen molar-refractivity contribution in [3.05, 3.63) is 29.8 Å². The molecule has 0 spiro atoms. The van der Waals surface area contributed by atoms with Gasteiger partial charge in [-0.1, -0.05) is 17.7 Å². The number of nitrogens with one attached hydrogen (secondary N) is 1. The van der Waals surface area contributed by atoms with E-state index < -0.39 is 0 Å². The Morgan fingerprint density at radius 3 is 2.80 bits per heavy atom. The van der Waals surface area contributed by atoms with Crippen LogP contribution >= 0.6 is 0 Å². The van der Waals surface area contributed by atoms with Crippen molar-refractivity contribution < 1.29 is 9.59 Å². The molecule has 1 aliphatic rings. The first kappa shape index (κ1) is 14.1. The monoisotopic (exact) mass is 270 g/mol. The van der Waals surface area contributed by atoms with Crippen LogP contribution in [0.3, 0.4) is 0 Å². The fourth-order valence-corrected chi connectivity index (χ4v) is 2.26. The Kier molecular flexibility index (Phi) is 4.41. The molecule has 1 fully saturated rings. The molecule has 2 amide bonds. The van der Waals surface area contributed by atoms with Gasteiger partial charge in [-0.25, -0.2) is 0 Å². The largest absolute Gasteiger partial charge is 0.355 e. The number of anilines is 1. The second-order valence-electron chi connectivity index (χ2n) is 4.99. The molecular weight excluding hydrogens is 252 g/mol. The molecule has 0 saturated carbocycles. The van der Waals surface area contributed by atoms with Crippen molar-refractivity contribution in [2.45, 2.75) is 19.8 Å². The fourth-order valence-electron chi connectivity index (χ4n) is 2.26. The Morgan fingerprint density at radius 2 is 2.15 bits per heavy atom. The van der Waals surface area contributed by atoms with Crippen LogP contribution in [0.1, 0.15) is 18.4 Å². The average molecular weight is 270 g/mol. The third-order valence-electron chi connectivity index (χ3n) is 3.41. The number of nitrogens with zero attached hydrogens (tertiary/aromatic N) is 1. The van der Waals surface area contributed by atoms with Gasteiger partial charge in [-0.2, -0.15) is 0 Å². The molecule has 1 atom stereocenters. The van der Waals surface area contributed by atoms with Crippen LogP contribution < -0.4 is 10.2 Å². The second-order valence-corrected chi connectivity index (χ2v) is 4.99. The quantitative estimate of drug-likeness (QED) is 0.665. The van der Waals surface area contributed by atoms with Gasteiger partial charge in [0.15, 0.2) is 0 Å². The first-order valence-electron chi connectivity index (χ1n) is 6.70. The molecule has 1 saturated heterocycles. The highest BCUT2D eigenvalue weighted by Crippen LogP contribution is 2.25. The maximum atomic E-state index is 12.0. The van der Waals surface area contributed by atoms with Crippen LogP contribution in [0.4, 0.5) is 5.69 Å². The molecule has 1 aromatic rings. The first-order chi connectivity index (χ1) is 9.61. The normalized spacial score (nSPS) is 17.9. The molecule has 4 nitrogen and oxygen atoms in total. The van der Waals surface area contributed by atoms with Crippen LogP contribution in [-0.2, 0) is 9.59 Å². The topological polar surface area (TPSA) is 49.4 Å². The van der Waals surface area contributed by atoms with Gasteiger partial charge in [0.05, 0.1) is 5.92 Å². The summed E-state index contributed by atoms with van der Waals surface area (Å²) in [6, 6.07) is 7.74. The van der Waals surface area contributed by atoms with Crippen molar-refractivity contribution in [1.82, 2.24) is 5.32 Å². The third kappa shape index (κ3) is 3.18. The number of carbonyl (C=O) groups is 2. The highest BCUT2D eigenvalue weighted by Gasteiger charge is 2.34. The number of amides is 2. The van der Waals surface area contributed by atoms with Crippen LogP contribution in [0.25, 0.3) is 0 Å². The van der Waals surface area contributed by atoms with Gasteiger partial charge in [-0.3, -0.25) is 9.59 Å². The SMILES string of the molecule is C#CCCNC(=O)C1CC(=O)N(c2ccc(C)cc2)C1. The first-order valence-corrected chi connectivity index (χ1v) is 6.70. The summed E-state index contributed by atoms with van der Waals surface area (Å²) in [6.45, 7) is 2.89. The van der Waals surface area contributed by atoms with E-state index in [-0.39, 0.29) is 24.2 Å². The lowest BCUT2D eigenvalue weighted by atomic mass is 10.1. The number of aryl methyl sites for hydroxylation is 1. The minimum atomic E-state index is -0.290. The summed E-state index contributed by atoms with van der Waals surface area (Å²) >= 11 is 0. The lowest BCUT2D eigenvalue weighted by Gasteiger charge is -2.16. The van der Waals surface area contributed by atoms with Gasteiger partial charge in [0.25, 0.3) is 0 Å². The minimum absolute atomic E-state index is 0.00838. The van der Waals surface area contributed by atoms with Crippen molar-refractivity contribution in [3.63, 3.8) is 0 Å². The van der Waals surface area contributed by atoms with Crippen LogP contribution in [0.2, 0.25) is 0 Å². The summed E-state index contributed by atoms with van der Waals surface area (Å²) in [5.41, 5.74) is 1.99. The van der Waals surface area contributed by atoms with Crippen LogP contribution in [-0.4, -0.2) is 24.9 Å². The van der Waals surface area contributed by atoms with Crippen molar-refractivity contribution >= 4 is 17.5 Å². The lowest BCUT2D eigenvalue weighted by Crippen LogP contribution is -2.33. The predicted molar refractivity (Wildman–Crippen MR) is 78.1 cm³/mol. The molecular formula is C16H18N2O2. The van der Waals surface area contributed by atoms with Gasteiger partial charge in [-0.05, 0) is 19.1 Å². The summed E-state index contributed by atoms with van der Waals surface area (Å²) in [5, 5.41) is 2.77. The Bertz CT molecular complexity index is 543. The van der Waals surface area contributed by atoms with Gasteiger partial charge in [0.1, 0.15) is 0 Å². The third-order valence-corrected chi connectivity index (χ3v) is 3.41. The summed E-state index contributed by atoms with van der Waals surface area (Å²) in [6.07, 6.45) is 5.90. The van der Waals surface area contributed by atoms with Crippen molar-refractivity contribution in [1.29, 1.82) is 0 Å². The van der Waals surface area contributed by atoms with Crippen molar-refractivity contribution in [2.24, 2.45) is 5.92 Å². The molecule has 4 heteroatoms. The van der Waals surface area contributed by atoms with Gasteiger partial charge in [-0.15, -0.1) is 12.3 Å². The number of carbonyl (C=O) groups excluding carboxylic acids is 2. The number of terminal acetylenes is 1. The highest BCUT2D eigenvalue weighted by molar-refractivity contribution is 6.00. The van der Waals surface area contributed by atoms with E-state index in [0.717, 1.165) is 11.3 Å². The Labute approximate surface area is 119 Å². The van der Waals surface area contributed by atoms with E-state index in [1.54, 1.807) is 4.90 Å². The van der Waals surface area contributed by atoms with Gasteiger partial charge >= 0.3 is 0 Å². The van der Waals surface area contributed by atoms with E-state index in [1.807, 2.05) is 31.2 Å². The standard InChI is InChI=1S/C16H18N2O2/c1-3-4-9-17-16(20)13-10-15(19)18(11-13)14-7-5-12(2)6-8-14/h1,5-8,13H,4,9-11H2,2H3,(H,17,20). The van der Waals surface area contributed by atoms with Gasteiger partial charge < -0.3 is 10.2 Å². The molecule has 1 aliphatic heterocycles. The molecule has 1 N–H and O–H groups in total. The van der Waals surface area contributed by atoms with E-state index >= 15 is 0 Å². The summed E-state index contributed by atoms with van der Waals surface area (Å²) in [4.78, 5) is 25.6. The summed E-state index contributed by atoms with van der Waals surface area (Å²) in [5.74, 6) is 2.08. The number of benzene rings is 1. The zero-order valence-electron chi connectivity index (χ0n) is 11.6. The molecule has 104 valence electrons. The van der Waals surface area contributed by atoms with Crippen LogP contribution in [0.5, 0.6) is 0 Å². The number of rotatable bonds is 4. The lowest BCUT2D eigenvalue weighted by molar-refractivity contribution is -0.126. The molecule has 0 radical (unpaired) electrons. The summed E-state index contributed by atoms with van der Waals surface area (Å²) < 4.78 is 0. The maximum Gasteiger partial charge on any atom is 0.227 e. The van der Waals surface area contributed by atoms with E-state index in [2.05, 4.69) is 11.2 Å². The Hall–Kier alpha value is -2.28. The molecule has 1 heterocycles. The molecule has 0 aliphatic carbocycles. The Balaban J connectivity index is 1.98. The predicted octanol–water partition coefficient (Wildman–Crippen LogP) is 1.49. The van der Waals surface area contributed by atoms with Crippen LogP contribution in [0, 0.1) is 25.2 Å². The summed E-state index contributed by atoms with van der Waals surface area (Å²) in [7, 11) is 0. The zero-order valence-corrected chi connectivity index (χ0v) is 11.6.